The molecule has 0 unspecified atom stereocenters. The molecular weight excluding hydrogens is 303 g/mol. The van der Waals surface area contributed by atoms with Crippen LogP contribution in [0.3, 0.4) is 0 Å². The van der Waals surface area contributed by atoms with Gasteiger partial charge in [0.15, 0.2) is 0 Å². The van der Waals surface area contributed by atoms with Gasteiger partial charge >= 0.3 is 12.0 Å². The number of cyclic esters (lactones) is 1. The minimum absolute atomic E-state index is 0.279. The Morgan fingerprint density at radius 3 is 2.48 bits per heavy atom. The van der Waals surface area contributed by atoms with Crippen LogP contribution in [-0.4, -0.2) is 35.0 Å². The van der Waals surface area contributed by atoms with E-state index in [9.17, 15) is 18.8 Å². The Balaban J connectivity index is 1.98. The third-order valence-corrected chi connectivity index (χ3v) is 4.45. The van der Waals surface area contributed by atoms with Crippen LogP contribution in [0.15, 0.2) is 24.3 Å². The molecule has 122 valence electrons. The van der Waals surface area contributed by atoms with Gasteiger partial charge in [-0.15, -0.1) is 0 Å². The van der Waals surface area contributed by atoms with Gasteiger partial charge in [0.05, 0.1) is 0 Å². The van der Waals surface area contributed by atoms with Crippen LogP contribution in [0.25, 0.3) is 0 Å². The van der Waals surface area contributed by atoms with Crippen molar-refractivity contribution in [2.24, 2.45) is 0 Å². The highest BCUT2D eigenvalue weighted by molar-refractivity contribution is 6.10. The van der Waals surface area contributed by atoms with Crippen LogP contribution in [0.2, 0.25) is 0 Å². The van der Waals surface area contributed by atoms with E-state index in [4.69, 9.17) is 4.74 Å². The summed E-state index contributed by atoms with van der Waals surface area (Å²) in [5, 5.41) is 2.67. The van der Waals surface area contributed by atoms with Gasteiger partial charge in [0.25, 0.3) is 5.91 Å². The number of amides is 3. The molecule has 7 heteroatoms. The zero-order valence-electron chi connectivity index (χ0n) is 12.8. The van der Waals surface area contributed by atoms with Gasteiger partial charge in [0.1, 0.15) is 23.5 Å². The summed E-state index contributed by atoms with van der Waals surface area (Å²) in [6, 6.07) is 3.87. The predicted molar refractivity (Wildman–Crippen MR) is 77.7 cm³/mol. The molecule has 0 bridgehead atoms. The number of nitrogens with one attached hydrogen (secondary N) is 1. The van der Waals surface area contributed by atoms with E-state index in [1.165, 1.54) is 24.3 Å². The second kappa shape index (κ2) is 5.33. The van der Waals surface area contributed by atoms with Crippen molar-refractivity contribution in [3.05, 3.63) is 35.6 Å². The molecule has 0 aromatic heterocycles. The standard InChI is InChI=1S/C16H17FN2O4/c1-3-16(10-4-6-11(17)7-5-10)14(21)19(15(22)18-16)12-8-9(2)23-13(12)20/h4-7,9,12H,3,8H2,1-2H3,(H,18,22)/t9-,12-,16-/m1/s1. The van der Waals surface area contributed by atoms with Crippen molar-refractivity contribution < 1.29 is 23.5 Å². The number of carbonyl (C=O) groups excluding carboxylic acids is 3. The smallest absolute Gasteiger partial charge is 0.329 e. The number of rotatable bonds is 3. The summed E-state index contributed by atoms with van der Waals surface area (Å²) in [6.45, 7) is 3.46. The largest absolute Gasteiger partial charge is 0.461 e. The lowest BCUT2D eigenvalue weighted by atomic mass is 9.87. The molecule has 3 amide bonds. The van der Waals surface area contributed by atoms with Gasteiger partial charge < -0.3 is 10.1 Å². The summed E-state index contributed by atoms with van der Waals surface area (Å²) in [5.74, 6) is -1.51. The van der Waals surface area contributed by atoms with E-state index in [1.807, 2.05) is 0 Å². The van der Waals surface area contributed by atoms with E-state index in [0.717, 1.165) is 4.90 Å². The number of hydrogen-bond donors (Lipinski definition) is 1. The monoisotopic (exact) mass is 320 g/mol. The van der Waals surface area contributed by atoms with Crippen LogP contribution < -0.4 is 5.32 Å². The van der Waals surface area contributed by atoms with Crippen LogP contribution >= 0.6 is 0 Å². The van der Waals surface area contributed by atoms with Gasteiger partial charge in [0, 0.05) is 6.42 Å². The Labute approximate surface area is 132 Å². The van der Waals surface area contributed by atoms with Crippen molar-refractivity contribution in [2.75, 3.05) is 0 Å². The van der Waals surface area contributed by atoms with Crippen molar-refractivity contribution >= 4 is 17.9 Å². The Morgan fingerprint density at radius 1 is 1.30 bits per heavy atom. The molecule has 6 nitrogen and oxygen atoms in total. The third kappa shape index (κ3) is 2.27. The Hall–Kier alpha value is -2.44. The molecule has 0 radical (unpaired) electrons. The van der Waals surface area contributed by atoms with Gasteiger partial charge in [-0.3, -0.25) is 4.79 Å². The van der Waals surface area contributed by atoms with Crippen molar-refractivity contribution in [1.29, 1.82) is 0 Å². The fourth-order valence-corrected chi connectivity index (χ4v) is 3.20. The minimum atomic E-state index is -1.28. The van der Waals surface area contributed by atoms with E-state index in [1.54, 1.807) is 13.8 Å². The highest BCUT2D eigenvalue weighted by Crippen LogP contribution is 2.35. The third-order valence-electron chi connectivity index (χ3n) is 4.45. The maximum Gasteiger partial charge on any atom is 0.329 e. The number of imide groups is 1. The molecule has 1 aromatic rings. The summed E-state index contributed by atoms with van der Waals surface area (Å²) < 4.78 is 18.2. The van der Waals surface area contributed by atoms with E-state index in [2.05, 4.69) is 5.32 Å². The van der Waals surface area contributed by atoms with Gasteiger partial charge in [-0.25, -0.2) is 18.9 Å². The van der Waals surface area contributed by atoms with Crippen LogP contribution in [-0.2, 0) is 19.9 Å². The van der Waals surface area contributed by atoms with Crippen LogP contribution in [0.5, 0.6) is 0 Å². The molecule has 2 saturated heterocycles. The number of esters is 1. The molecule has 3 atom stereocenters. The Kier molecular flexibility index (Phi) is 3.58. The molecule has 0 aliphatic carbocycles. The first-order valence-corrected chi connectivity index (χ1v) is 7.51. The molecule has 1 aromatic carbocycles. The highest BCUT2D eigenvalue weighted by Gasteiger charge is 2.56. The molecule has 2 aliphatic heterocycles. The first kappa shape index (κ1) is 15.5. The molecule has 2 fully saturated rings. The lowest BCUT2D eigenvalue weighted by Gasteiger charge is -2.26. The van der Waals surface area contributed by atoms with Crippen molar-refractivity contribution in [3.8, 4) is 0 Å². The fraction of sp³-hybridized carbons (Fsp3) is 0.438. The zero-order valence-corrected chi connectivity index (χ0v) is 12.8. The first-order chi connectivity index (χ1) is 10.9. The van der Waals surface area contributed by atoms with Gasteiger partial charge in [-0.1, -0.05) is 19.1 Å². The lowest BCUT2D eigenvalue weighted by molar-refractivity contribution is -0.148. The fourth-order valence-electron chi connectivity index (χ4n) is 3.20. The van der Waals surface area contributed by atoms with Crippen molar-refractivity contribution in [3.63, 3.8) is 0 Å². The van der Waals surface area contributed by atoms with Crippen molar-refractivity contribution in [1.82, 2.24) is 10.2 Å². The Bertz CT molecular complexity index is 675. The average molecular weight is 320 g/mol. The number of hydrogen-bond acceptors (Lipinski definition) is 4. The number of benzene rings is 1. The second-order valence-corrected chi connectivity index (χ2v) is 5.87. The normalized spacial score (nSPS) is 30.6. The number of urea groups is 1. The summed E-state index contributed by atoms with van der Waals surface area (Å²) in [6.07, 6.45) is 0.230. The number of carbonyl (C=O) groups is 3. The summed E-state index contributed by atoms with van der Waals surface area (Å²) in [4.78, 5) is 38.1. The Morgan fingerprint density at radius 2 is 1.96 bits per heavy atom. The molecule has 0 spiro atoms. The molecular formula is C16H17FN2O4. The van der Waals surface area contributed by atoms with Gasteiger partial charge in [0.2, 0.25) is 0 Å². The van der Waals surface area contributed by atoms with Gasteiger partial charge in [-0.05, 0) is 31.0 Å². The maximum atomic E-state index is 13.1. The van der Waals surface area contributed by atoms with Crippen molar-refractivity contribution in [2.45, 2.75) is 44.4 Å². The van der Waals surface area contributed by atoms with E-state index >= 15 is 0 Å². The van der Waals surface area contributed by atoms with Crippen LogP contribution in [0.4, 0.5) is 9.18 Å². The van der Waals surface area contributed by atoms with E-state index in [-0.39, 0.29) is 18.9 Å². The van der Waals surface area contributed by atoms with E-state index < -0.39 is 35.3 Å². The average Bonchev–Trinajstić information content (AvgIpc) is 2.96. The first-order valence-electron chi connectivity index (χ1n) is 7.51. The SMILES string of the molecule is CC[C@]1(c2ccc(F)cc2)NC(=O)N([C@@H]2C[C@@H](C)OC2=O)C1=O. The highest BCUT2D eigenvalue weighted by atomic mass is 19.1. The number of ether oxygens (including phenoxy) is 1. The second-order valence-electron chi connectivity index (χ2n) is 5.87. The molecule has 1 N–H and O–H groups in total. The molecule has 0 saturated carbocycles. The minimum Gasteiger partial charge on any atom is -0.461 e. The summed E-state index contributed by atoms with van der Waals surface area (Å²) in [7, 11) is 0. The predicted octanol–water partition coefficient (Wildman–Crippen LogP) is 1.69. The summed E-state index contributed by atoms with van der Waals surface area (Å²) in [5.41, 5.74) is -0.793. The molecule has 2 heterocycles. The molecule has 2 aliphatic rings. The number of nitrogens with zero attached hydrogens (tertiary/aromatic N) is 1. The number of halogens is 1. The molecule has 3 rings (SSSR count). The summed E-state index contributed by atoms with van der Waals surface area (Å²) >= 11 is 0. The lowest BCUT2D eigenvalue weighted by Crippen LogP contribution is -2.46. The quantitative estimate of drug-likeness (QED) is 0.679. The van der Waals surface area contributed by atoms with Gasteiger partial charge in [-0.2, -0.15) is 0 Å². The topological polar surface area (TPSA) is 75.7 Å². The van der Waals surface area contributed by atoms with Crippen LogP contribution in [0, 0.1) is 5.82 Å². The maximum absolute atomic E-state index is 13.1. The van der Waals surface area contributed by atoms with Crippen LogP contribution in [0.1, 0.15) is 32.3 Å². The van der Waals surface area contributed by atoms with E-state index in [0.29, 0.717) is 5.56 Å². The zero-order chi connectivity index (χ0) is 16.8. The molecule has 23 heavy (non-hydrogen) atoms.